The van der Waals surface area contributed by atoms with Crippen LogP contribution in [-0.2, 0) is 0 Å². The number of aromatic carboxylic acids is 1. The average Bonchev–Trinajstić information content (AvgIpc) is 2.46. The van der Waals surface area contributed by atoms with Gasteiger partial charge in [-0.1, -0.05) is 37.3 Å². The molecule has 0 aliphatic heterocycles. The Hall–Kier alpha value is -2.27. The summed E-state index contributed by atoms with van der Waals surface area (Å²) in [6.07, 6.45) is 7.68. The smallest absolute Gasteiger partial charge is 0.335 e. The lowest BCUT2D eigenvalue weighted by Crippen LogP contribution is -2.18. The summed E-state index contributed by atoms with van der Waals surface area (Å²) < 4.78 is 0. The second kappa shape index (κ2) is 6.66. The first-order valence-electron chi connectivity index (χ1n) is 7.62. The standard InChI is InChI=1S/C20H22O2/c1-15-7-6-14-20(2,3)18(15)9-5-4-8-16-10-12-17(13-11-16)19(21)22/h5,9-13H,6-7,14H2,1-3H3,(H,21,22). The first-order valence-corrected chi connectivity index (χ1v) is 7.62. The van der Waals surface area contributed by atoms with Crippen LogP contribution in [0.15, 0.2) is 47.6 Å². The van der Waals surface area contributed by atoms with E-state index < -0.39 is 5.97 Å². The Balaban J connectivity index is 2.11. The minimum atomic E-state index is -0.915. The molecule has 0 bridgehead atoms. The molecule has 1 N–H and O–H groups in total. The van der Waals surface area contributed by atoms with Crippen LogP contribution in [0, 0.1) is 17.3 Å². The summed E-state index contributed by atoms with van der Waals surface area (Å²) in [4.78, 5) is 10.8. The molecule has 1 aliphatic rings. The van der Waals surface area contributed by atoms with Crippen LogP contribution in [0.25, 0.3) is 0 Å². The molecular formula is C20H22O2. The van der Waals surface area contributed by atoms with Crippen molar-refractivity contribution in [3.8, 4) is 11.8 Å². The number of carboxylic acid groups (broad SMARTS) is 1. The minimum Gasteiger partial charge on any atom is -0.478 e. The molecule has 0 heterocycles. The zero-order chi connectivity index (χ0) is 16.2. The van der Waals surface area contributed by atoms with Gasteiger partial charge in [0.05, 0.1) is 5.56 Å². The molecule has 1 aromatic carbocycles. The van der Waals surface area contributed by atoms with Crippen molar-refractivity contribution in [1.82, 2.24) is 0 Å². The fraction of sp³-hybridized carbons (Fsp3) is 0.350. The molecule has 0 aromatic heterocycles. The van der Waals surface area contributed by atoms with Crippen LogP contribution in [0.1, 0.15) is 56.0 Å². The van der Waals surface area contributed by atoms with Gasteiger partial charge in [-0.3, -0.25) is 0 Å². The Morgan fingerprint density at radius 2 is 1.95 bits per heavy atom. The predicted octanol–water partition coefficient (Wildman–Crippen LogP) is 4.82. The van der Waals surface area contributed by atoms with Crippen molar-refractivity contribution < 1.29 is 9.90 Å². The molecule has 0 atom stereocenters. The Labute approximate surface area is 132 Å². The molecule has 0 radical (unpaired) electrons. The molecule has 22 heavy (non-hydrogen) atoms. The predicted molar refractivity (Wildman–Crippen MR) is 89.8 cm³/mol. The maximum atomic E-state index is 10.8. The molecule has 2 rings (SSSR count). The molecule has 1 aliphatic carbocycles. The summed E-state index contributed by atoms with van der Waals surface area (Å²) in [6.45, 7) is 6.78. The van der Waals surface area contributed by atoms with Crippen molar-refractivity contribution in [2.24, 2.45) is 5.41 Å². The Morgan fingerprint density at radius 3 is 2.55 bits per heavy atom. The molecule has 0 spiro atoms. The fourth-order valence-corrected chi connectivity index (χ4v) is 2.96. The second-order valence-corrected chi connectivity index (χ2v) is 6.42. The molecule has 0 amide bonds. The normalized spacial score (nSPS) is 17.2. The number of carboxylic acids is 1. The molecule has 2 nitrogen and oxygen atoms in total. The lowest BCUT2D eigenvalue weighted by molar-refractivity contribution is 0.0697. The summed E-state index contributed by atoms with van der Waals surface area (Å²) in [5.74, 6) is 5.17. The van der Waals surface area contributed by atoms with E-state index in [4.69, 9.17) is 5.11 Å². The zero-order valence-corrected chi connectivity index (χ0v) is 13.4. The minimum absolute atomic E-state index is 0.226. The van der Waals surface area contributed by atoms with Crippen molar-refractivity contribution in [3.63, 3.8) is 0 Å². The first kappa shape index (κ1) is 16.1. The lowest BCUT2D eigenvalue weighted by atomic mass is 9.73. The van der Waals surface area contributed by atoms with Gasteiger partial charge < -0.3 is 5.11 Å². The molecule has 114 valence electrons. The van der Waals surface area contributed by atoms with Crippen molar-refractivity contribution in [1.29, 1.82) is 0 Å². The quantitative estimate of drug-likeness (QED) is 0.794. The van der Waals surface area contributed by atoms with E-state index in [-0.39, 0.29) is 11.0 Å². The van der Waals surface area contributed by atoms with Crippen LogP contribution >= 0.6 is 0 Å². The van der Waals surface area contributed by atoms with Crippen LogP contribution in [0.3, 0.4) is 0 Å². The second-order valence-electron chi connectivity index (χ2n) is 6.42. The monoisotopic (exact) mass is 294 g/mol. The van der Waals surface area contributed by atoms with Crippen molar-refractivity contribution in [2.75, 3.05) is 0 Å². The highest BCUT2D eigenvalue weighted by atomic mass is 16.4. The number of benzene rings is 1. The van der Waals surface area contributed by atoms with Crippen molar-refractivity contribution in [3.05, 3.63) is 58.7 Å². The van der Waals surface area contributed by atoms with Crippen LogP contribution in [0.2, 0.25) is 0 Å². The number of allylic oxidation sites excluding steroid dienone is 4. The van der Waals surface area contributed by atoms with E-state index >= 15 is 0 Å². The highest BCUT2D eigenvalue weighted by Crippen LogP contribution is 2.40. The van der Waals surface area contributed by atoms with Crippen molar-refractivity contribution in [2.45, 2.75) is 40.0 Å². The van der Waals surface area contributed by atoms with Crippen molar-refractivity contribution >= 4 is 5.97 Å². The first-order chi connectivity index (χ1) is 10.4. The Bertz CT molecular complexity index is 677. The van der Waals surface area contributed by atoms with Gasteiger partial charge in [0.2, 0.25) is 0 Å². The van der Waals surface area contributed by atoms with E-state index in [1.54, 1.807) is 24.3 Å². The largest absolute Gasteiger partial charge is 0.478 e. The van der Waals surface area contributed by atoms with Gasteiger partial charge >= 0.3 is 5.97 Å². The summed E-state index contributed by atoms with van der Waals surface area (Å²) >= 11 is 0. The third kappa shape index (κ3) is 3.89. The van der Waals surface area contributed by atoms with Crippen LogP contribution in [-0.4, -0.2) is 11.1 Å². The number of hydrogen-bond acceptors (Lipinski definition) is 1. The number of carbonyl (C=O) groups is 1. The fourth-order valence-electron chi connectivity index (χ4n) is 2.96. The van der Waals surface area contributed by atoms with Gasteiger partial charge in [-0.2, -0.15) is 0 Å². The Morgan fingerprint density at radius 1 is 1.27 bits per heavy atom. The highest BCUT2D eigenvalue weighted by molar-refractivity contribution is 5.87. The maximum absolute atomic E-state index is 10.8. The van der Waals surface area contributed by atoms with Gasteiger partial charge in [-0.15, -0.1) is 0 Å². The maximum Gasteiger partial charge on any atom is 0.335 e. The third-order valence-corrected chi connectivity index (χ3v) is 4.22. The van der Waals surface area contributed by atoms with Crippen LogP contribution in [0.5, 0.6) is 0 Å². The van der Waals surface area contributed by atoms with E-state index in [0.717, 1.165) is 5.56 Å². The number of hydrogen-bond donors (Lipinski definition) is 1. The van der Waals surface area contributed by atoms with Gasteiger partial charge in [-0.05, 0) is 67.5 Å². The summed E-state index contributed by atoms with van der Waals surface area (Å²) in [5, 5.41) is 8.86. The Kier molecular flexibility index (Phi) is 4.88. The molecule has 1 aromatic rings. The molecule has 0 unspecified atom stereocenters. The third-order valence-electron chi connectivity index (χ3n) is 4.22. The molecule has 2 heteroatoms. The molecule has 0 saturated carbocycles. The van der Waals surface area contributed by atoms with E-state index in [1.165, 1.54) is 30.4 Å². The molecular weight excluding hydrogens is 272 g/mol. The van der Waals surface area contributed by atoms with Gasteiger partial charge in [0.15, 0.2) is 0 Å². The van der Waals surface area contributed by atoms with E-state index in [9.17, 15) is 4.79 Å². The summed E-state index contributed by atoms with van der Waals surface area (Å²) in [5.41, 5.74) is 4.19. The van der Waals surface area contributed by atoms with Crippen LogP contribution in [0.4, 0.5) is 0 Å². The molecule has 0 saturated heterocycles. The molecule has 0 fully saturated rings. The van der Waals surface area contributed by atoms with Gasteiger partial charge in [0.1, 0.15) is 0 Å². The van der Waals surface area contributed by atoms with E-state index in [1.807, 2.05) is 6.08 Å². The SMILES string of the molecule is CC1=C(C=CC#Cc2ccc(C(=O)O)cc2)C(C)(C)CCC1. The zero-order valence-electron chi connectivity index (χ0n) is 13.4. The number of rotatable bonds is 2. The topological polar surface area (TPSA) is 37.3 Å². The van der Waals surface area contributed by atoms with Crippen LogP contribution < -0.4 is 0 Å². The van der Waals surface area contributed by atoms with Gasteiger partial charge in [-0.25, -0.2) is 4.79 Å². The van der Waals surface area contributed by atoms with Gasteiger partial charge in [0, 0.05) is 5.56 Å². The van der Waals surface area contributed by atoms with Gasteiger partial charge in [0.25, 0.3) is 0 Å². The lowest BCUT2D eigenvalue weighted by Gasteiger charge is -2.32. The summed E-state index contributed by atoms with van der Waals surface area (Å²) in [6, 6.07) is 6.62. The van der Waals surface area contributed by atoms with E-state index in [2.05, 4.69) is 38.7 Å². The summed E-state index contributed by atoms with van der Waals surface area (Å²) in [7, 11) is 0. The highest BCUT2D eigenvalue weighted by Gasteiger charge is 2.26. The van der Waals surface area contributed by atoms with E-state index in [0.29, 0.717) is 0 Å². The average molecular weight is 294 g/mol.